The number of hydrogen-bond donors (Lipinski definition) is 1. The van der Waals surface area contributed by atoms with Gasteiger partial charge in [0.2, 0.25) is 0 Å². The van der Waals surface area contributed by atoms with E-state index in [4.69, 9.17) is 18.0 Å². The predicted octanol–water partition coefficient (Wildman–Crippen LogP) is 3.08. The van der Waals surface area contributed by atoms with Gasteiger partial charge in [-0.05, 0) is 12.3 Å². The van der Waals surface area contributed by atoms with E-state index >= 15 is 0 Å². The monoisotopic (exact) mass is 237 g/mol. The summed E-state index contributed by atoms with van der Waals surface area (Å²) in [7, 11) is 0. The fourth-order valence-corrected chi connectivity index (χ4v) is 1.78. The second-order valence-electron chi connectivity index (χ2n) is 3.85. The Bertz CT molecular complexity index is 396. The lowest BCUT2D eigenvalue weighted by atomic mass is 10.1. The van der Waals surface area contributed by atoms with E-state index < -0.39 is 0 Å². The second-order valence-corrected chi connectivity index (χ2v) is 4.21. The van der Waals surface area contributed by atoms with Crippen LogP contribution in [-0.2, 0) is 0 Å². The number of nitrogens with one attached hydrogen (secondary N) is 1. The number of nitrogens with zero attached hydrogens (tertiary/aromatic N) is 2. The molecule has 1 aromatic rings. The first-order valence-electron chi connectivity index (χ1n) is 5.33. The molecular weight excluding hydrogens is 222 g/mol. The topological polar surface area (TPSA) is 37.8 Å². The van der Waals surface area contributed by atoms with Crippen molar-refractivity contribution in [3.63, 3.8) is 0 Å². The Balaban J connectivity index is 3.04. The van der Waals surface area contributed by atoms with Crippen molar-refractivity contribution in [3.05, 3.63) is 17.0 Å². The van der Waals surface area contributed by atoms with Crippen molar-refractivity contribution in [3.8, 4) is 12.3 Å². The Hall–Kier alpha value is -1.27. The number of aromatic nitrogens is 2. The summed E-state index contributed by atoms with van der Waals surface area (Å²) in [6, 6.07) is -0.0246. The third-order valence-corrected chi connectivity index (χ3v) is 2.63. The molecule has 0 aliphatic heterocycles. The molecule has 0 fully saturated rings. The Morgan fingerprint density at radius 3 is 2.69 bits per heavy atom. The number of halogens is 1. The fraction of sp³-hybridized carbons (Fsp3) is 0.500. The number of anilines is 1. The van der Waals surface area contributed by atoms with Crippen LogP contribution in [0.3, 0.4) is 0 Å². The largest absolute Gasteiger partial charge is 0.356 e. The summed E-state index contributed by atoms with van der Waals surface area (Å²) in [5, 5.41) is 3.68. The molecule has 0 bridgehead atoms. The minimum Gasteiger partial charge on any atom is -0.356 e. The molecule has 0 radical (unpaired) electrons. The van der Waals surface area contributed by atoms with Crippen molar-refractivity contribution in [2.75, 3.05) is 5.32 Å². The van der Waals surface area contributed by atoms with Crippen molar-refractivity contribution in [1.82, 2.24) is 9.97 Å². The number of terminal acetylenes is 1. The van der Waals surface area contributed by atoms with Crippen LogP contribution in [0.5, 0.6) is 0 Å². The lowest BCUT2D eigenvalue weighted by molar-refractivity contribution is 0.813. The Morgan fingerprint density at radius 1 is 1.50 bits per heavy atom. The van der Waals surface area contributed by atoms with Gasteiger partial charge in [-0.2, -0.15) is 0 Å². The molecule has 1 atom stereocenters. The summed E-state index contributed by atoms with van der Waals surface area (Å²) < 4.78 is 0. The molecule has 1 rings (SSSR count). The zero-order valence-corrected chi connectivity index (χ0v) is 10.5. The van der Waals surface area contributed by atoms with E-state index in [0.717, 1.165) is 17.8 Å². The minimum absolute atomic E-state index is 0.0246. The van der Waals surface area contributed by atoms with Gasteiger partial charge in [-0.3, -0.25) is 0 Å². The van der Waals surface area contributed by atoms with Crippen LogP contribution in [0.25, 0.3) is 0 Å². The molecule has 3 nitrogen and oxygen atoms in total. The predicted molar refractivity (Wildman–Crippen MR) is 67.7 cm³/mol. The van der Waals surface area contributed by atoms with Crippen LogP contribution in [0, 0.1) is 12.3 Å². The molecular formula is C12H16ClN3. The lowest BCUT2D eigenvalue weighted by Gasteiger charge is -2.17. The first-order valence-corrected chi connectivity index (χ1v) is 5.71. The quantitative estimate of drug-likeness (QED) is 0.646. The van der Waals surface area contributed by atoms with Crippen molar-refractivity contribution >= 4 is 17.4 Å². The van der Waals surface area contributed by atoms with E-state index in [0.29, 0.717) is 5.15 Å². The average Bonchev–Trinajstić information content (AvgIpc) is 2.25. The molecule has 0 saturated heterocycles. The molecule has 16 heavy (non-hydrogen) atoms. The summed E-state index contributed by atoms with van der Waals surface area (Å²) in [5.41, 5.74) is 0.915. The van der Waals surface area contributed by atoms with Gasteiger partial charge >= 0.3 is 0 Å². The van der Waals surface area contributed by atoms with E-state index in [1.54, 1.807) is 0 Å². The molecule has 0 aliphatic rings. The van der Waals surface area contributed by atoms with Crippen LogP contribution < -0.4 is 5.32 Å². The zero-order chi connectivity index (χ0) is 12.1. The highest BCUT2D eigenvalue weighted by Gasteiger charge is 2.15. The van der Waals surface area contributed by atoms with Crippen LogP contribution in [-0.4, -0.2) is 16.0 Å². The van der Waals surface area contributed by atoms with Gasteiger partial charge < -0.3 is 5.32 Å². The normalized spacial score (nSPS) is 12.2. The van der Waals surface area contributed by atoms with Gasteiger partial charge in [0.25, 0.3) is 0 Å². The van der Waals surface area contributed by atoms with Gasteiger partial charge in [-0.1, -0.05) is 38.3 Å². The molecule has 0 aliphatic carbocycles. The lowest BCUT2D eigenvalue weighted by Crippen LogP contribution is -2.18. The van der Waals surface area contributed by atoms with Gasteiger partial charge in [-0.25, -0.2) is 9.97 Å². The first-order chi connectivity index (χ1) is 7.60. The van der Waals surface area contributed by atoms with Crippen LogP contribution in [0.15, 0.2) is 6.33 Å². The summed E-state index contributed by atoms with van der Waals surface area (Å²) >= 11 is 6.05. The van der Waals surface area contributed by atoms with E-state index in [2.05, 4.69) is 21.2 Å². The molecule has 4 heteroatoms. The minimum atomic E-state index is -0.0246. The van der Waals surface area contributed by atoms with E-state index in [9.17, 15) is 0 Å². The highest BCUT2D eigenvalue weighted by atomic mass is 35.5. The first kappa shape index (κ1) is 12.8. The summed E-state index contributed by atoms with van der Waals surface area (Å²) in [6.45, 7) is 6.12. The van der Waals surface area contributed by atoms with Crippen molar-refractivity contribution in [1.29, 1.82) is 0 Å². The molecule has 1 aromatic heterocycles. The van der Waals surface area contributed by atoms with Gasteiger partial charge in [0, 0.05) is 5.56 Å². The van der Waals surface area contributed by atoms with Crippen LogP contribution in [0.2, 0.25) is 5.15 Å². The highest BCUT2D eigenvalue weighted by Crippen LogP contribution is 2.28. The zero-order valence-electron chi connectivity index (χ0n) is 9.79. The Kier molecular flexibility index (Phi) is 4.57. The SMILES string of the molecule is C#CC(CC)Nc1ncnc(Cl)c1C(C)C. The van der Waals surface area contributed by atoms with Crippen molar-refractivity contribution in [2.24, 2.45) is 0 Å². The number of hydrogen-bond acceptors (Lipinski definition) is 3. The standard InChI is InChI=1S/C12H16ClN3/c1-5-9(6-2)16-12-10(8(3)4)11(13)14-7-15-12/h1,7-9H,6H2,2-4H3,(H,14,15,16). The Labute approximate surface area is 102 Å². The average molecular weight is 238 g/mol. The van der Waals surface area contributed by atoms with Crippen molar-refractivity contribution in [2.45, 2.75) is 39.2 Å². The van der Waals surface area contributed by atoms with E-state index in [1.807, 2.05) is 20.8 Å². The molecule has 0 spiro atoms. The fourth-order valence-electron chi connectivity index (χ4n) is 1.43. The third kappa shape index (κ3) is 2.86. The van der Waals surface area contributed by atoms with Gasteiger partial charge in [0.15, 0.2) is 0 Å². The van der Waals surface area contributed by atoms with Crippen molar-refractivity contribution < 1.29 is 0 Å². The van der Waals surface area contributed by atoms with E-state index in [1.165, 1.54) is 6.33 Å². The third-order valence-electron chi connectivity index (χ3n) is 2.33. The molecule has 1 heterocycles. The maximum Gasteiger partial charge on any atom is 0.138 e. The number of rotatable bonds is 4. The molecule has 1 N–H and O–H groups in total. The molecule has 0 amide bonds. The molecule has 0 aromatic carbocycles. The van der Waals surface area contributed by atoms with Gasteiger partial charge in [0.1, 0.15) is 17.3 Å². The Morgan fingerprint density at radius 2 is 2.19 bits per heavy atom. The second kappa shape index (κ2) is 5.72. The summed E-state index contributed by atoms with van der Waals surface area (Å²) in [6.07, 6.45) is 7.69. The van der Waals surface area contributed by atoms with Crippen LogP contribution >= 0.6 is 11.6 Å². The van der Waals surface area contributed by atoms with Gasteiger partial charge in [-0.15, -0.1) is 6.42 Å². The molecule has 0 saturated carbocycles. The molecule has 1 unspecified atom stereocenters. The smallest absolute Gasteiger partial charge is 0.138 e. The highest BCUT2D eigenvalue weighted by molar-refractivity contribution is 6.30. The maximum atomic E-state index is 6.05. The van der Waals surface area contributed by atoms with E-state index in [-0.39, 0.29) is 12.0 Å². The summed E-state index contributed by atoms with van der Waals surface area (Å²) in [4.78, 5) is 8.18. The van der Waals surface area contributed by atoms with Crippen LogP contribution in [0.4, 0.5) is 5.82 Å². The van der Waals surface area contributed by atoms with Crippen LogP contribution in [0.1, 0.15) is 38.7 Å². The molecule has 86 valence electrons. The van der Waals surface area contributed by atoms with Gasteiger partial charge in [0.05, 0.1) is 6.04 Å². The summed E-state index contributed by atoms with van der Waals surface area (Å²) in [5.74, 6) is 3.66. The maximum absolute atomic E-state index is 6.05.